The number of rotatable bonds is 4. The lowest BCUT2D eigenvalue weighted by Gasteiger charge is -2.45. The normalized spacial score (nSPS) is 15.0. The van der Waals surface area contributed by atoms with Crippen LogP contribution >= 0.6 is 0 Å². The van der Waals surface area contributed by atoms with Crippen LogP contribution in [-0.2, 0) is 16.2 Å². The summed E-state index contributed by atoms with van der Waals surface area (Å²) in [5.74, 6) is 0. The van der Waals surface area contributed by atoms with Crippen LogP contribution in [0.1, 0.15) is 66.8 Å². The molecule has 4 heteroatoms. The molecule has 0 fully saturated rings. The van der Waals surface area contributed by atoms with E-state index in [1.807, 2.05) is 0 Å². The third kappa shape index (κ3) is 6.96. The molecule has 2 aliphatic heterocycles. The van der Waals surface area contributed by atoms with Gasteiger partial charge in [0.2, 0.25) is 0 Å². The van der Waals surface area contributed by atoms with Crippen LogP contribution in [-0.4, -0.2) is 11.3 Å². The first-order valence-electron chi connectivity index (χ1n) is 38.4. The Morgan fingerprint density at radius 3 is 1.06 bits per heavy atom. The van der Waals surface area contributed by atoms with Crippen molar-refractivity contribution < 1.29 is 0 Å². The lowest BCUT2D eigenvalue weighted by atomic mass is 9.32. The Labute approximate surface area is 631 Å². The van der Waals surface area contributed by atoms with Gasteiger partial charge in [-0.1, -0.05) is 315 Å². The molecule has 0 atom stereocenters. The Bertz CT molecular complexity index is 6960. The molecule has 26 rings (SSSR count). The average Bonchev–Trinajstić information content (AvgIpc) is 1.56. The third-order valence-electron chi connectivity index (χ3n) is 26.6. The maximum Gasteiger partial charge on any atom is 0.252 e. The van der Waals surface area contributed by atoms with Gasteiger partial charge >= 0.3 is 0 Å². The van der Waals surface area contributed by atoms with Gasteiger partial charge in [-0.05, 0) is 222 Å². The monoisotopic (exact) mass is 1380 g/mol. The molecular weight excluding hydrogens is 1310 g/mol. The molecule has 0 bridgehead atoms. The van der Waals surface area contributed by atoms with Crippen molar-refractivity contribution in [3.8, 4) is 83.6 Å². The highest BCUT2D eigenvalue weighted by atomic mass is 15.2. The molecule has 0 saturated carbocycles. The molecule has 18 aromatic rings. The molecule has 8 aliphatic rings. The van der Waals surface area contributed by atoms with Crippen molar-refractivity contribution in [3.63, 3.8) is 0 Å². The van der Waals surface area contributed by atoms with Gasteiger partial charge in [0, 0.05) is 44.9 Å². The van der Waals surface area contributed by atoms with Crippen LogP contribution in [0, 0.1) is 0 Å². The molecule has 3 spiro atoms. The van der Waals surface area contributed by atoms with Gasteiger partial charge in [-0.25, -0.2) is 0 Å². The number of para-hydroxylation sites is 2. The molecule has 3 heterocycles. The predicted octanol–water partition coefficient (Wildman–Crippen LogP) is 23.6. The number of hydrogen-bond donors (Lipinski definition) is 0. The Morgan fingerprint density at radius 1 is 0.202 bits per heavy atom. The van der Waals surface area contributed by atoms with Crippen molar-refractivity contribution >= 4 is 79.0 Å². The van der Waals surface area contributed by atoms with Gasteiger partial charge in [0.1, 0.15) is 0 Å². The number of anilines is 6. The molecule has 0 radical (unpaired) electrons. The minimum Gasteiger partial charge on any atom is -0.311 e. The summed E-state index contributed by atoms with van der Waals surface area (Å²) in [6.07, 6.45) is 0. The van der Waals surface area contributed by atoms with E-state index >= 15 is 0 Å². The van der Waals surface area contributed by atoms with Gasteiger partial charge in [0.25, 0.3) is 6.71 Å². The van der Waals surface area contributed by atoms with E-state index in [1.54, 1.807) is 0 Å². The molecule has 17 aromatic carbocycles. The highest BCUT2D eigenvalue weighted by molar-refractivity contribution is 7.01. The van der Waals surface area contributed by atoms with Gasteiger partial charge < -0.3 is 14.4 Å². The Morgan fingerprint density at radius 2 is 0.560 bits per heavy atom. The molecule has 500 valence electrons. The van der Waals surface area contributed by atoms with E-state index in [-0.39, 0.29) is 6.71 Å². The van der Waals surface area contributed by atoms with Crippen molar-refractivity contribution in [2.45, 2.75) is 16.2 Å². The number of nitrogens with zero attached hydrogens (tertiary/aromatic N) is 3. The Kier molecular flexibility index (Phi) is 11.2. The molecular formula is C105H62BN3. The first-order valence-corrected chi connectivity index (χ1v) is 38.4. The standard InChI is InChI=1S/C105H62BN3/c1-2-26-63(27-3-1)64-50-56-96-93(58-64)106-101-98(107(96)65-52-54-90-80(59-65)75-35-11-22-46-88(75)103(90)81-39-15-4-28-68(81)69-29-5-16-40-82(69)103)61-67(109-94-48-24-13-36-77(94)78-37-14-25-49-95(78)109)62-99(101)108(66-51-53-76-74-34-10-21-45-87(74)105(92(76)60-66)85-43-19-8-32-72(85)73-33-9-20-44-86(73)105)97-57-55-91-100(102(97)106)79-38-12-23-47-89(79)104(91)83-41-17-6-30-70(83)71-31-7-18-42-84(71)104/h1-62H. The van der Waals surface area contributed by atoms with Gasteiger partial charge in [-0.3, -0.25) is 0 Å². The average molecular weight is 1380 g/mol. The Balaban J connectivity index is 0.822. The number of benzene rings is 17. The second kappa shape index (κ2) is 20.8. The maximum absolute atomic E-state index is 2.73. The summed E-state index contributed by atoms with van der Waals surface area (Å²) in [5, 5.41) is 2.44. The fourth-order valence-electron chi connectivity index (χ4n) is 22.8. The van der Waals surface area contributed by atoms with E-state index in [0.717, 1.165) is 45.2 Å². The largest absolute Gasteiger partial charge is 0.311 e. The zero-order valence-electron chi connectivity index (χ0n) is 59.2. The minimum atomic E-state index is -0.606. The van der Waals surface area contributed by atoms with E-state index in [9.17, 15) is 0 Å². The van der Waals surface area contributed by atoms with E-state index in [4.69, 9.17) is 0 Å². The van der Waals surface area contributed by atoms with Crippen LogP contribution in [0.4, 0.5) is 34.1 Å². The highest BCUT2D eigenvalue weighted by Gasteiger charge is 2.58. The van der Waals surface area contributed by atoms with Gasteiger partial charge in [0.05, 0.1) is 33.0 Å². The van der Waals surface area contributed by atoms with Crippen LogP contribution in [0.2, 0.25) is 0 Å². The lowest BCUT2D eigenvalue weighted by Crippen LogP contribution is -2.62. The predicted molar refractivity (Wildman–Crippen MR) is 449 cm³/mol. The molecule has 0 amide bonds. The molecule has 0 N–H and O–H groups in total. The molecule has 6 aliphatic carbocycles. The van der Waals surface area contributed by atoms with E-state index in [0.29, 0.717) is 0 Å². The fourth-order valence-corrected chi connectivity index (χ4v) is 22.8. The fraction of sp³-hybridized carbons (Fsp3) is 0.0286. The number of hydrogen-bond acceptors (Lipinski definition) is 2. The molecule has 1 aromatic heterocycles. The maximum atomic E-state index is 2.73. The summed E-state index contributed by atoms with van der Waals surface area (Å²) in [6.45, 7) is -0.285. The van der Waals surface area contributed by atoms with Crippen molar-refractivity contribution in [1.29, 1.82) is 0 Å². The second-order valence-corrected chi connectivity index (χ2v) is 31.1. The quantitative estimate of drug-likeness (QED) is 0.163. The third-order valence-corrected chi connectivity index (χ3v) is 26.6. The first kappa shape index (κ1) is 58.5. The van der Waals surface area contributed by atoms with Crippen molar-refractivity contribution in [2.24, 2.45) is 0 Å². The summed E-state index contributed by atoms with van der Waals surface area (Å²) in [4.78, 5) is 5.42. The topological polar surface area (TPSA) is 11.4 Å². The first-order chi connectivity index (χ1) is 54.1. The van der Waals surface area contributed by atoms with Gasteiger partial charge in [-0.2, -0.15) is 0 Å². The molecule has 109 heavy (non-hydrogen) atoms. The van der Waals surface area contributed by atoms with Crippen molar-refractivity contribution in [3.05, 3.63) is 443 Å². The zero-order chi connectivity index (χ0) is 70.7. The summed E-state index contributed by atoms with van der Waals surface area (Å²) < 4.78 is 2.56. The molecule has 0 unspecified atom stereocenters. The molecule has 0 saturated heterocycles. The van der Waals surface area contributed by atoms with E-state index in [2.05, 4.69) is 390 Å². The smallest absolute Gasteiger partial charge is 0.252 e. The summed E-state index contributed by atoms with van der Waals surface area (Å²) in [5.41, 5.74) is 46.1. The minimum absolute atomic E-state index is 0.285. The number of aromatic nitrogens is 1. The van der Waals surface area contributed by atoms with Crippen molar-refractivity contribution in [2.75, 3.05) is 9.80 Å². The van der Waals surface area contributed by atoms with Gasteiger partial charge in [0.15, 0.2) is 0 Å². The van der Waals surface area contributed by atoms with Crippen LogP contribution in [0.5, 0.6) is 0 Å². The summed E-state index contributed by atoms with van der Waals surface area (Å²) in [7, 11) is 0. The number of fused-ring (bicyclic) bond motifs is 38. The summed E-state index contributed by atoms with van der Waals surface area (Å²) in [6, 6.07) is 146. The molecule has 3 nitrogen and oxygen atoms in total. The van der Waals surface area contributed by atoms with Crippen molar-refractivity contribution in [1.82, 2.24) is 4.57 Å². The van der Waals surface area contributed by atoms with E-state index < -0.39 is 16.2 Å². The van der Waals surface area contributed by atoms with Gasteiger partial charge in [-0.15, -0.1) is 0 Å². The SMILES string of the molecule is c1ccc(-c2ccc3c(c2)B2c4c(cc(-n5c6ccccc6c6ccccc65)cc4N(c4ccc5c(c4)C4(c6ccccc6-c6ccccc64)c4ccccc4-5)c4ccc5c(c42)-c2ccccc2C52c4ccccc4-c4ccccc42)N3c2ccc3c(c2)-c2ccccc2C32c3ccccc3-c3ccccc32)cc1. The zero-order valence-corrected chi connectivity index (χ0v) is 59.2. The van der Waals surface area contributed by atoms with Crippen LogP contribution in [0.3, 0.4) is 0 Å². The lowest BCUT2D eigenvalue weighted by molar-refractivity contribution is 0.793. The highest BCUT2D eigenvalue weighted by Crippen LogP contribution is 2.68. The Hall–Kier alpha value is -13.8. The van der Waals surface area contributed by atoms with Crippen LogP contribution in [0.25, 0.3) is 105 Å². The second-order valence-electron chi connectivity index (χ2n) is 31.1. The van der Waals surface area contributed by atoms with Crippen LogP contribution in [0.15, 0.2) is 376 Å². The van der Waals surface area contributed by atoms with E-state index in [1.165, 1.54) is 177 Å². The van der Waals surface area contributed by atoms with Crippen LogP contribution < -0.4 is 26.2 Å². The summed E-state index contributed by atoms with van der Waals surface area (Å²) >= 11 is 0.